The molecule has 18 heavy (non-hydrogen) atoms. The third kappa shape index (κ3) is 5.36. The Labute approximate surface area is 111 Å². The zero-order valence-corrected chi connectivity index (χ0v) is 11.5. The first-order chi connectivity index (χ1) is 8.28. The van der Waals surface area contributed by atoms with Crippen molar-refractivity contribution in [3.05, 3.63) is 29.0 Å². The Bertz CT molecular complexity index is 429. The van der Waals surface area contributed by atoms with Gasteiger partial charge in [-0.05, 0) is 39.0 Å². The molecule has 0 heterocycles. The fourth-order valence-electron chi connectivity index (χ4n) is 1.31. The summed E-state index contributed by atoms with van der Waals surface area (Å²) in [7, 11) is 0. The second-order valence-electron chi connectivity index (χ2n) is 4.89. The molecular formula is C13H17ClFNO2. The van der Waals surface area contributed by atoms with Crippen molar-refractivity contribution in [2.75, 3.05) is 11.9 Å². The first-order valence-electron chi connectivity index (χ1n) is 5.69. The van der Waals surface area contributed by atoms with Gasteiger partial charge in [-0.25, -0.2) is 4.39 Å². The van der Waals surface area contributed by atoms with Crippen LogP contribution in [0.2, 0.25) is 5.02 Å². The van der Waals surface area contributed by atoms with Crippen molar-refractivity contribution in [1.82, 2.24) is 0 Å². The smallest absolute Gasteiger partial charge is 0.308 e. The summed E-state index contributed by atoms with van der Waals surface area (Å²) in [5.41, 5.74) is 0.101. The van der Waals surface area contributed by atoms with Gasteiger partial charge in [0, 0.05) is 12.2 Å². The molecule has 0 atom stereocenters. The van der Waals surface area contributed by atoms with E-state index in [1.165, 1.54) is 12.1 Å². The van der Waals surface area contributed by atoms with Gasteiger partial charge in [-0.1, -0.05) is 11.6 Å². The largest absolute Gasteiger partial charge is 0.460 e. The van der Waals surface area contributed by atoms with Crippen molar-refractivity contribution >= 4 is 23.3 Å². The predicted molar refractivity (Wildman–Crippen MR) is 70.4 cm³/mol. The van der Waals surface area contributed by atoms with Gasteiger partial charge >= 0.3 is 5.97 Å². The van der Waals surface area contributed by atoms with Crippen molar-refractivity contribution < 1.29 is 13.9 Å². The Balaban J connectivity index is 2.38. The molecule has 0 radical (unpaired) electrons. The summed E-state index contributed by atoms with van der Waals surface area (Å²) in [6.07, 6.45) is 0.224. The number of halogens is 2. The zero-order chi connectivity index (χ0) is 13.8. The number of benzene rings is 1. The number of ether oxygens (including phenoxy) is 1. The van der Waals surface area contributed by atoms with Crippen LogP contribution in [0.4, 0.5) is 10.1 Å². The highest BCUT2D eigenvalue weighted by Crippen LogP contribution is 2.18. The molecule has 1 N–H and O–H groups in total. The van der Waals surface area contributed by atoms with Gasteiger partial charge in [0.25, 0.3) is 0 Å². The third-order valence-electron chi connectivity index (χ3n) is 2.00. The average Bonchev–Trinajstić information content (AvgIpc) is 2.20. The van der Waals surface area contributed by atoms with E-state index in [0.29, 0.717) is 12.2 Å². The molecule has 1 aromatic carbocycles. The summed E-state index contributed by atoms with van der Waals surface area (Å²) in [5.74, 6) is -0.775. The van der Waals surface area contributed by atoms with Gasteiger partial charge in [0.15, 0.2) is 0 Å². The lowest BCUT2D eigenvalue weighted by Crippen LogP contribution is -2.25. The maximum atomic E-state index is 13.1. The van der Waals surface area contributed by atoms with Crippen LogP contribution in [0.3, 0.4) is 0 Å². The average molecular weight is 274 g/mol. The molecule has 0 fully saturated rings. The molecule has 5 heteroatoms. The molecule has 0 amide bonds. The summed E-state index contributed by atoms with van der Waals surface area (Å²) in [6.45, 7) is 5.82. The number of hydrogen-bond acceptors (Lipinski definition) is 3. The second kappa shape index (κ2) is 6.05. The van der Waals surface area contributed by atoms with Crippen LogP contribution in [-0.4, -0.2) is 18.1 Å². The molecule has 0 unspecified atom stereocenters. The van der Waals surface area contributed by atoms with E-state index in [9.17, 15) is 9.18 Å². The number of hydrogen-bond donors (Lipinski definition) is 1. The summed E-state index contributed by atoms with van der Waals surface area (Å²) >= 11 is 5.56. The number of carbonyl (C=O) groups excluding carboxylic acids is 1. The molecule has 0 bridgehead atoms. The minimum Gasteiger partial charge on any atom is -0.460 e. The molecule has 0 aliphatic rings. The maximum Gasteiger partial charge on any atom is 0.308 e. The second-order valence-corrected chi connectivity index (χ2v) is 5.30. The Morgan fingerprint density at radius 1 is 1.44 bits per heavy atom. The van der Waals surface area contributed by atoms with E-state index in [-0.39, 0.29) is 17.4 Å². The van der Waals surface area contributed by atoms with Crippen molar-refractivity contribution in [3.63, 3.8) is 0 Å². The molecule has 1 aromatic rings. The van der Waals surface area contributed by atoms with Crippen LogP contribution in [0.15, 0.2) is 18.2 Å². The number of carbonyl (C=O) groups is 1. The minimum atomic E-state index is -0.487. The van der Waals surface area contributed by atoms with Crippen molar-refractivity contribution in [1.29, 1.82) is 0 Å². The fourth-order valence-corrected chi connectivity index (χ4v) is 1.43. The van der Waals surface area contributed by atoms with Gasteiger partial charge in [0.2, 0.25) is 0 Å². The molecule has 0 saturated heterocycles. The highest BCUT2D eigenvalue weighted by molar-refractivity contribution is 6.30. The number of rotatable bonds is 4. The highest BCUT2D eigenvalue weighted by atomic mass is 35.5. The first-order valence-corrected chi connectivity index (χ1v) is 6.06. The molecule has 3 nitrogen and oxygen atoms in total. The van der Waals surface area contributed by atoms with E-state index in [4.69, 9.17) is 16.3 Å². The normalized spacial score (nSPS) is 11.2. The molecule has 0 saturated carbocycles. The Morgan fingerprint density at radius 3 is 2.67 bits per heavy atom. The quantitative estimate of drug-likeness (QED) is 0.852. The van der Waals surface area contributed by atoms with Crippen molar-refractivity contribution in [2.45, 2.75) is 32.8 Å². The van der Waals surface area contributed by atoms with Gasteiger partial charge in [0.05, 0.1) is 11.4 Å². The molecule has 0 aliphatic heterocycles. The molecular weight excluding hydrogens is 257 g/mol. The van der Waals surface area contributed by atoms with Crippen LogP contribution in [0.25, 0.3) is 0 Å². The Hall–Kier alpha value is -1.29. The predicted octanol–water partition coefficient (Wildman–Crippen LogP) is 3.62. The molecule has 0 spiro atoms. The van der Waals surface area contributed by atoms with Crippen molar-refractivity contribution in [3.8, 4) is 0 Å². The van der Waals surface area contributed by atoms with Gasteiger partial charge in [-0.15, -0.1) is 0 Å². The van der Waals surface area contributed by atoms with Gasteiger partial charge in [0.1, 0.15) is 11.4 Å². The number of esters is 1. The van der Waals surface area contributed by atoms with E-state index in [0.717, 1.165) is 0 Å². The lowest BCUT2D eigenvalue weighted by molar-refractivity contribution is -0.154. The molecule has 0 aliphatic carbocycles. The van der Waals surface area contributed by atoms with E-state index >= 15 is 0 Å². The van der Waals surface area contributed by atoms with E-state index in [2.05, 4.69) is 5.32 Å². The van der Waals surface area contributed by atoms with Crippen LogP contribution in [0, 0.1) is 5.82 Å². The van der Waals surface area contributed by atoms with Crippen LogP contribution in [0.5, 0.6) is 0 Å². The van der Waals surface area contributed by atoms with Crippen LogP contribution in [0.1, 0.15) is 27.2 Å². The topological polar surface area (TPSA) is 38.3 Å². The summed E-state index contributed by atoms with van der Waals surface area (Å²) in [5, 5.41) is 3.01. The maximum absolute atomic E-state index is 13.1. The standard InChI is InChI=1S/C13H17ClFNO2/c1-13(2,3)18-12(17)6-7-16-9-4-5-10(14)11(15)8-9/h4-5,8,16H,6-7H2,1-3H3. The number of nitrogens with one attached hydrogen (secondary N) is 1. The van der Waals surface area contributed by atoms with Gasteiger partial charge in [-0.3, -0.25) is 4.79 Å². The minimum absolute atomic E-state index is 0.0766. The van der Waals surface area contributed by atoms with Gasteiger partial charge < -0.3 is 10.1 Å². The van der Waals surface area contributed by atoms with Crippen LogP contribution >= 0.6 is 11.6 Å². The van der Waals surface area contributed by atoms with Gasteiger partial charge in [-0.2, -0.15) is 0 Å². The van der Waals surface area contributed by atoms with E-state index < -0.39 is 11.4 Å². The Kier molecular flexibility index (Phi) is 4.96. The SMILES string of the molecule is CC(C)(C)OC(=O)CCNc1ccc(Cl)c(F)c1. The summed E-state index contributed by atoms with van der Waals surface area (Å²) in [4.78, 5) is 11.4. The monoisotopic (exact) mass is 273 g/mol. The first kappa shape index (κ1) is 14.8. The molecule has 100 valence electrons. The molecule has 0 aromatic heterocycles. The fraction of sp³-hybridized carbons (Fsp3) is 0.462. The lowest BCUT2D eigenvalue weighted by Gasteiger charge is -2.19. The third-order valence-corrected chi connectivity index (χ3v) is 2.30. The molecule has 1 rings (SSSR count). The van der Waals surface area contributed by atoms with Crippen molar-refractivity contribution in [2.24, 2.45) is 0 Å². The van der Waals surface area contributed by atoms with E-state index in [1.807, 2.05) is 20.8 Å². The lowest BCUT2D eigenvalue weighted by atomic mass is 10.2. The van der Waals surface area contributed by atoms with E-state index in [1.54, 1.807) is 6.07 Å². The zero-order valence-electron chi connectivity index (χ0n) is 10.7. The van der Waals surface area contributed by atoms with Crippen LogP contribution < -0.4 is 5.32 Å². The Morgan fingerprint density at radius 2 is 2.11 bits per heavy atom. The highest BCUT2D eigenvalue weighted by Gasteiger charge is 2.15. The number of anilines is 1. The summed E-state index contributed by atoms with van der Waals surface area (Å²) in [6, 6.07) is 4.41. The van der Waals surface area contributed by atoms with Crippen LogP contribution in [-0.2, 0) is 9.53 Å². The summed E-state index contributed by atoms with van der Waals surface area (Å²) < 4.78 is 18.3.